The summed E-state index contributed by atoms with van der Waals surface area (Å²) in [6.45, 7) is 3.44. The molecule has 15 heavy (non-hydrogen) atoms. The second kappa shape index (κ2) is 4.73. The maximum Gasteiger partial charge on any atom is 0.138 e. The molecule has 1 atom stereocenters. The van der Waals surface area contributed by atoms with E-state index < -0.39 is 0 Å². The van der Waals surface area contributed by atoms with Gasteiger partial charge >= 0.3 is 0 Å². The fourth-order valence-corrected chi connectivity index (χ4v) is 2.83. The summed E-state index contributed by atoms with van der Waals surface area (Å²) >= 11 is 10.5. The third kappa shape index (κ3) is 2.75. The molecule has 1 fully saturated rings. The minimum absolute atomic E-state index is 0.272. The second-order valence-corrected chi connectivity index (χ2v) is 5.88. The molecule has 0 amide bonds. The molecule has 1 aliphatic rings. The van der Waals surface area contributed by atoms with E-state index in [-0.39, 0.29) is 6.10 Å². The third-order valence-electron chi connectivity index (χ3n) is 2.18. The smallest absolute Gasteiger partial charge is 0.138 e. The number of ether oxygens (including phenoxy) is 2. The summed E-state index contributed by atoms with van der Waals surface area (Å²) in [5.74, 6) is 0.867. The summed E-state index contributed by atoms with van der Waals surface area (Å²) in [4.78, 5) is 0. The van der Waals surface area contributed by atoms with Gasteiger partial charge in [-0.25, -0.2) is 0 Å². The zero-order valence-corrected chi connectivity index (χ0v) is 12.8. The minimum Gasteiger partial charge on any atom is -0.489 e. The van der Waals surface area contributed by atoms with Gasteiger partial charge in [-0.15, -0.1) is 0 Å². The first-order valence-corrected chi connectivity index (χ1v) is 6.86. The molecule has 1 aromatic carbocycles. The lowest BCUT2D eigenvalue weighted by molar-refractivity contribution is 0.260. The van der Waals surface area contributed by atoms with Crippen LogP contribution in [0, 0.1) is 6.92 Å². The first-order chi connectivity index (χ1) is 7.09. The van der Waals surface area contributed by atoms with E-state index >= 15 is 0 Å². The third-order valence-corrected chi connectivity index (χ3v) is 4.95. The molecule has 1 unspecified atom stereocenters. The van der Waals surface area contributed by atoms with Crippen LogP contribution in [0.3, 0.4) is 0 Å². The van der Waals surface area contributed by atoms with Crippen molar-refractivity contribution in [2.24, 2.45) is 0 Å². The number of halogens is 3. The molecule has 5 heteroatoms. The first-order valence-electron chi connectivity index (χ1n) is 4.48. The molecule has 2 rings (SSSR count). The van der Waals surface area contributed by atoms with Gasteiger partial charge in [0, 0.05) is 14.5 Å². The van der Waals surface area contributed by atoms with Crippen LogP contribution >= 0.6 is 47.8 Å². The molecule has 0 aliphatic carbocycles. The fraction of sp³-hybridized carbons (Fsp3) is 0.400. The molecule has 0 N–H and O–H groups in total. The lowest BCUT2D eigenvalue weighted by Gasteiger charge is -2.12. The first kappa shape index (κ1) is 11.9. The molecular weight excluding hydrogens is 392 g/mol. The molecule has 82 valence electrons. The highest BCUT2D eigenvalue weighted by molar-refractivity contribution is 9.13. The number of rotatable bonds is 3. The van der Waals surface area contributed by atoms with Crippen LogP contribution in [0.5, 0.6) is 5.75 Å². The van der Waals surface area contributed by atoms with Gasteiger partial charge < -0.3 is 9.47 Å². The van der Waals surface area contributed by atoms with Crippen molar-refractivity contribution in [3.63, 3.8) is 0 Å². The molecule has 0 radical (unpaired) electrons. The quantitative estimate of drug-likeness (QED) is 0.563. The van der Waals surface area contributed by atoms with Crippen molar-refractivity contribution in [1.82, 2.24) is 0 Å². The Hall–Kier alpha value is 0.420. The van der Waals surface area contributed by atoms with Crippen molar-refractivity contribution >= 4 is 47.8 Å². The molecular formula is C10H9Br3O2. The topological polar surface area (TPSA) is 21.8 Å². The van der Waals surface area contributed by atoms with Crippen molar-refractivity contribution in [2.45, 2.75) is 13.0 Å². The Morgan fingerprint density at radius 1 is 1.40 bits per heavy atom. The maximum atomic E-state index is 5.72. The number of hydrogen-bond donors (Lipinski definition) is 0. The Kier molecular flexibility index (Phi) is 3.75. The Morgan fingerprint density at radius 2 is 2.07 bits per heavy atom. The highest BCUT2D eigenvalue weighted by Gasteiger charge is 2.24. The second-order valence-electron chi connectivity index (χ2n) is 3.37. The monoisotopic (exact) mass is 398 g/mol. The summed E-state index contributed by atoms with van der Waals surface area (Å²) in [6, 6.07) is 2.00. The van der Waals surface area contributed by atoms with Crippen molar-refractivity contribution in [1.29, 1.82) is 0 Å². The number of benzene rings is 1. The highest BCUT2D eigenvalue weighted by atomic mass is 79.9. The van der Waals surface area contributed by atoms with Crippen LogP contribution in [0.4, 0.5) is 0 Å². The molecule has 0 saturated carbocycles. The van der Waals surface area contributed by atoms with E-state index in [1.54, 1.807) is 0 Å². The number of hydrogen-bond acceptors (Lipinski definition) is 2. The molecule has 1 saturated heterocycles. The van der Waals surface area contributed by atoms with Gasteiger partial charge in [0.2, 0.25) is 0 Å². The van der Waals surface area contributed by atoms with Gasteiger partial charge in [0.05, 0.1) is 11.1 Å². The van der Waals surface area contributed by atoms with Gasteiger partial charge in [-0.3, -0.25) is 0 Å². The van der Waals surface area contributed by atoms with E-state index in [0.29, 0.717) is 6.61 Å². The zero-order chi connectivity index (χ0) is 11.0. The zero-order valence-electron chi connectivity index (χ0n) is 8.02. The van der Waals surface area contributed by atoms with Crippen molar-refractivity contribution in [3.8, 4) is 5.75 Å². The van der Waals surface area contributed by atoms with Crippen LogP contribution < -0.4 is 4.74 Å². The molecule has 0 aromatic heterocycles. The Morgan fingerprint density at radius 3 is 2.67 bits per heavy atom. The predicted octanol–water partition coefficient (Wildman–Crippen LogP) is 4.06. The van der Waals surface area contributed by atoms with Gasteiger partial charge in [0.15, 0.2) is 0 Å². The molecule has 0 bridgehead atoms. The van der Waals surface area contributed by atoms with E-state index in [2.05, 4.69) is 47.8 Å². The maximum absolute atomic E-state index is 5.72. The van der Waals surface area contributed by atoms with E-state index in [1.165, 1.54) is 0 Å². The van der Waals surface area contributed by atoms with E-state index in [9.17, 15) is 0 Å². The van der Waals surface area contributed by atoms with Crippen molar-refractivity contribution in [2.75, 3.05) is 13.2 Å². The summed E-state index contributed by atoms with van der Waals surface area (Å²) in [7, 11) is 0. The average molecular weight is 401 g/mol. The minimum atomic E-state index is 0.272. The van der Waals surface area contributed by atoms with Crippen LogP contribution in [0.15, 0.2) is 19.5 Å². The van der Waals surface area contributed by atoms with E-state index in [1.807, 2.05) is 13.0 Å². The van der Waals surface area contributed by atoms with Crippen molar-refractivity contribution < 1.29 is 9.47 Å². The lowest BCUT2D eigenvalue weighted by Crippen LogP contribution is -2.06. The molecule has 1 aliphatic heterocycles. The summed E-state index contributed by atoms with van der Waals surface area (Å²) in [5, 5.41) is 0. The van der Waals surface area contributed by atoms with Crippen LogP contribution in [-0.2, 0) is 4.74 Å². The SMILES string of the molecule is Cc1c(Br)cc(Br)c(Br)c1OCC1CO1. The van der Waals surface area contributed by atoms with Gasteiger partial charge in [-0.1, -0.05) is 15.9 Å². The summed E-state index contributed by atoms with van der Waals surface area (Å²) < 4.78 is 13.8. The van der Waals surface area contributed by atoms with Gasteiger partial charge in [-0.05, 0) is 44.8 Å². The average Bonchev–Trinajstić information content (AvgIpc) is 2.99. The summed E-state index contributed by atoms with van der Waals surface area (Å²) in [6.07, 6.45) is 0.272. The van der Waals surface area contributed by atoms with Crippen LogP contribution in [0.1, 0.15) is 5.56 Å². The summed E-state index contributed by atoms with van der Waals surface area (Å²) in [5.41, 5.74) is 1.09. The normalized spacial score (nSPS) is 19.1. The van der Waals surface area contributed by atoms with Crippen LogP contribution in [0.25, 0.3) is 0 Å². The van der Waals surface area contributed by atoms with Crippen LogP contribution in [-0.4, -0.2) is 19.3 Å². The van der Waals surface area contributed by atoms with E-state index in [0.717, 1.165) is 31.3 Å². The number of epoxide rings is 1. The van der Waals surface area contributed by atoms with Crippen molar-refractivity contribution in [3.05, 3.63) is 25.0 Å². The molecule has 2 nitrogen and oxygen atoms in total. The Balaban J connectivity index is 2.25. The van der Waals surface area contributed by atoms with Crippen LogP contribution in [0.2, 0.25) is 0 Å². The molecule has 1 aromatic rings. The molecule has 1 heterocycles. The molecule has 0 spiro atoms. The van der Waals surface area contributed by atoms with Gasteiger partial charge in [0.25, 0.3) is 0 Å². The Bertz CT molecular complexity index is 362. The highest BCUT2D eigenvalue weighted by Crippen LogP contribution is 2.39. The predicted molar refractivity (Wildman–Crippen MR) is 69.5 cm³/mol. The largest absolute Gasteiger partial charge is 0.489 e. The fourth-order valence-electron chi connectivity index (χ4n) is 1.18. The van der Waals surface area contributed by atoms with Gasteiger partial charge in [0.1, 0.15) is 18.5 Å². The van der Waals surface area contributed by atoms with Gasteiger partial charge in [-0.2, -0.15) is 0 Å². The standard InChI is InChI=1S/C10H9Br3O2/c1-5-7(11)2-8(12)9(13)10(5)15-4-6-3-14-6/h2,6H,3-4H2,1H3. The Labute approximate surface area is 114 Å². The van der Waals surface area contributed by atoms with E-state index in [4.69, 9.17) is 9.47 Å². The lowest BCUT2D eigenvalue weighted by atomic mass is 10.2.